The molecule has 0 aliphatic heterocycles. The molecule has 0 radical (unpaired) electrons. The Balaban J connectivity index is 1.37. The summed E-state index contributed by atoms with van der Waals surface area (Å²) in [7, 11) is 1.85. The summed E-state index contributed by atoms with van der Waals surface area (Å²) >= 11 is 2.75. The summed E-state index contributed by atoms with van der Waals surface area (Å²) in [5.41, 5.74) is 9.36. The van der Waals surface area contributed by atoms with Gasteiger partial charge in [-0.3, -0.25) is 9.59 Å². The molecule has 1 aliphatic carbocycles. The average molecular weight is 500 g/mol. The molecule has 180 valence electrons. The summed E-state index contributed by atoms with van der Waals surface area (Å²) in [6.45, 7) is 6.53. The molecule has 2 amide bonds. The highest BCUT2D eigenvalue weighted by Crippen LogP contribution is 2.39. The molecule has 0 saturated carbocycles. The largest absolute Gasteiger partial charge is 0.485 e. The van der Waals surface area contributed by atoms with Gasteiger partial charge in [0.2, 0.25) is 5.91 Å². The number of benzene rings is 1. The summed E-state index contributed by atoms with van der Waals surface area (Å²) in [4.78, 5) is 25.9. The summed E-state index contributed by atoms with van der Waals surface area (Å²) in [6.07, 6.45) is 2.76. The van der Waals surface area contributed by atoms with Crippen LogP contribution in [0.15, 0.2) is 23.4 Å². The van der Waals surface area contributed by atoms with Crippen LogP contribution >= 0.6 is 23.1 Å². The lowest BCUT2D eigenvalue weighted by Crippen LogP contribution is -2.20. The molecule has 2 heterocycles. The lowest BCUT2D eigenvalue weighted by atomic mass is 9.88. The van der Waals surface area contributed by atoms with Crippen LogP contribution in [0.4, 0.5) is 5.00 Å². The van der Waals surface area contributed by atoms with Crippen LogP contribution in [0.3, 0.4) is 0 Å². The van der Waals surface area contributed by atoms with Crippen molar-refractivity contribution in [2.24, 2.45) is 18.7 Å². The third-order valence-electron chi connectivity index (χ3n) is 5.96. The number of nitrogens with two attached hydrogens (primary N) is 1. The zero-order valence-electron chi connectivity index (χ0n) is 19.8. The lowest BCUT2D eigenvalue weighted by Gasteiger charge is -2.18. The number of rotatable bonds is 8. The number of carbonyl (C=O) groups excluding carboxylic acids is 2. The molecule has 1 atom stereocenters. The van der Waals surface area contributed by atoms with E-state index >= 15 is 0 Å². The van der Waals surface area contributed by atoms with Crippen LogP contribution in [0, 0.1) is 19.8 Å². The number of anilines is 1. The Morgan fingerprint density at radius 3 is 2.85 bits per heavy atom. The zero-order valence-corrected chi connectivity index (χ0v) is 21.4. The molecule has 1 aliphatic rings. The smallest absolute Gasteiger partial charge is 0.251 e. The molecule has 0 spiro atoms. The monoisotopic (exact) mass is 499 g/mol. The number of aryl methyl sites for hydroxylation is 2. The van der Waals surface area contributed by atoms with Crippen molar-refractivity contribution < 1.29 is 14.3 Å². The topological polar surface area (TPSA) is 112 Å². The van der Waals surface area contributed by atoms with E-state index in [1.54, 1.807) is 0 Å². The van der Waals surface area contributed by atoms with Crippen LogP contribution < -0.4 is 15.8 Å². The maximum Gasteiger partial charge on any atom is 0.251 e. The SMILES string of the molecule is Cc1ccc(OCc2nnc(SCC(=O)Nc3sc4c(c3C(N)=O)CC[C@H](C)C4)n2C)c(C)c1. The number of nitrogens with zero attached hydrogens (tertiary/aromatic N) is 3. The normalized spacial score (nSPS) is 15.1. The van der Waals surface area contributed by atoms with Crippen LogP contribution in [-0.2, 0) is 31.3 Å². The minimum absolute atomic E-state index is 0.140. The fourth-order valence-electron chi connectivity index (χ4n) is 4.09. The molecular weight excluding hydrogens is 470 g/mol. The quantitative estimate of drug-likeness (QED) is 0.453. The Hall–Kier alpha value is -2.85. The Kier molecular flexibility index (Phi) is 7.27. The Bertz CT molecular complexity index is 1230. The Morgan fingerprint density at radius 2 is 2.12 bits per heavy atom. The van der Waals surface area contributed by atoms with Crippen molar-refractivity contribution in [2.45, 2.75) is 51.8 Å². The minimum atomic E-state index is -0.489. The first-order valence-corrected chi connectivity index (χ1v) is 13.0. The van der Waals surface area contributed by atoms with Crippen molar-refractivity contribution in [2.75, 3.05) is 11.1 Å². The molecular formula is C24H29N5O3S2. The third kappa shape index (κ3) is 5.28. The third-order valence-corrected chi connectivity index (χ3v) is 8.15. The van der Waals surface area contributed by atoms with Crippen LogP contribution in [0.1, 0.15) is 51.1 Å². The Labute approximate surface area is 207 Å². The van der Waals surface area contributed by atoms with Gasteiger partial charge in [-0.2, -0.15) is 0 Å². The second-order valence-corrected chi connectivity index (χ2v) is 10.8. The van der Waals surface area contributed by atoms with E-state index < -0.39 is 5.91 Å². The molecule has 0 bridgehead atoms. The van der Waals surface area contributed by atoms with Crippen molar-refractivity contribution in [3.8, 4) is 5.75 Å². The number of primary amides is 1. The van der Waals surface area contributed by atoms with E-state index in [4.69, 9.17) is 10.5 Å². The molecule has 1 aromatic carbocycles. The second-order valence-electron chi connectivity index (χ2n) is 8.77. The maximum absolute atomic E-state index is 12.7. The second kappa shape index (κ2) is 10.2. The minimum Gasteiger partial charge on any atom is -0.485 e. The van der Waals surface area contributed by atoms with Crippen LogP contribution in [0.25, 0.3) is 0 Å². The highest BCUT2D eigenvalue weighted by atomic mass is 32.2. The number of amides is 2. The Morgan fingerprint density at radius 1 is 1.32 bits per heavy atom. The van der Waals surface area contributed by atoms with E-state index in [2.05, 4.69) is 28.5 Å². The maximum atomic E-state index is 12.7. The summed E-state index contributed by atoms with van der Waals surface area (Å²) < 4.78 is 7.73. The molecule has 0 fully saturated rings. The fraction of sp³-hybridized carbons (Fsp3) is 0.417. The standard InChI is InChI=1S/C24H29N5O3S2/c1-13-6-8-17(15(3)9-13)32-11-19-27-28-24(29(19)4)33-12-20(30)26-23-21(22(25)31)16-7-5-14(2)10-18(16)34-23/h6,8-9,14H,5,7,10-12H2,1-4H3,(H2,25,31)(H,26,30)/t14-/m0/s1. The van der Waals surface area contributed by atoms with Gasteiger partial charge in [0.05, 0.1) is 11.3 Å². The molecule has 3 aromatic rings. The van der Waals surface area contributed by atoms with Gasteiger partial charge >= 0.3 is 0 Å². The number of hydrogen-bond acceptors (Lipinski definition) is 7. The zero-order chi connectivity index (χ0) is 24.4. The van der Waals surface area contributed by atoms with Gasteiger partial charge in [0.25, 0.3) is 5.91 Å². The van der Waals surface area contributed by atoms with E-state index in [9.17, 15) is 9.59 Å². The van der Waals surface area contributed by atoms with Gasteiger partial charge < -0.3 is 20.4 Å². The average Bonchev–Trinajstić information content (AvgIpc) is 3.30. The van der Waals surface area contributed by atoms with Gasteiger partial charge in [-0.25, -0.2) is 0 Å². The van der Waals surface area contributed by atoms with Crippen LogP contribution in [-0.4, -0.2) is 32.3 Å². The first-order chi connectivity index (χ1) is 16.2. The van der Waals surface area contributed by atoms with Crippen molar-refractivity contribution in [1.29, 1.82) is 0 Å². The first kappa shape index (κ1) is 24.3. The van der Waals surface area contributed by atoms with Crippen molar-refractivity contribution >= 4 is 39.9 Å². The summed E-state index contributed by atoms with van der Waals surface area (Å²) in [6, 6.07) is 6.03. The number of aromatic nitrogens is 3. The van der Waals surface area contributed by atoms with Gasteiger partial charge in [-0.05, 0) is 56.2 Å². The summed E-state index contributed by atoms with van der Waals surface area (Å²) in [5.74, 6) is 1.47. The van der Waals surface area contributed by atoms with Crippen molar-refractivity contribution in [3.05, 3.63) is 51.2 Å². The number of ether oxygens (including phenoxy) is 1. The van der Waals surface area contributed by atoms with Gasteiger partial charge in [0, 0.05) is 11.9 Å². The first-order valence-electron chi connectivity index (χ1n) is 11.2. The number of thiophene rings is 1. The predicted octanol–water partition coefficient (Wildman–Crippen LogP) is 4.03. The highest BCUT2D eigenvalue weighted by molar-refractivity contribution is 7.99. The highest BCUT2D eigenvalue weighted by Gasteiger charge is 2.27. The fourth-order valence-corrected chi connectivity index (χ4v) is 6.25. The van der Waals surface area contributed by atoms with E-state index in [1.807, 2.05) is 37.6 Å². The van der Waals surface area contributed by atoms with Crippen LogP contribution in [0.2, 0.25) is 0 Å². The lowest BCUT2D eigenvalue weighted by molar-refractivity contribution is -0.113. The molecule has 3 N–H and O–H groups in total. The van der Waals surface area contributed by atoms with Crippen molar-refractivity contribution in [1.82, 2.24) is 14.8 Å². The summed E-state index contributed by atoms with van der Waals surface area (Å²) in [5, 5.41) is 12.5. The number of nitrogens with one attached hydrogen (secondary N) is 1. The van der Waals surface area contributed by atoms with Gasteiger partial charge in [0.1, 0.15) is 17.4 Å². The number of carbonyl (C=O) groups is 2. The van der Waals surface area contributed by atoms with E-state index in [0.29, 0.717) is 27.5 Å². The molecule has 0 unspecified atom stereocenters. The van der Waals surface area contributed by atoms with E-state index in [0.717, 1.165) is 41.0 Å². The van der Waals surface area contributed by atoms with Gasteiger partial charge in [-0.1, -0.05) is 36.4 Å². The van der Waals surface area contributed by atoms with Crippen molar-refractivity contribution in [3.63, 3.8) is 0 Å². The van der Waals surface area contributed by atoms with Crippen LogP contribution in [0.5, 0.6) is 5.75 Å². The van der Waals surface area contributed by atoms with Gasteiger partial charge in [-0.15, -0.1) is 21.5 Å². The van der Waals surface area contributed by atoms with E-state index in [-0.39, 0.29) is 18.3 Å². The predicted molar refractivity (Wildman–Crippen MR) is 135 cm³/mol. The number of thioether (sulfide) groups is 1. The molecule has 10 heteroatoms. The molecule has 34 heavy (non-hydrogen) atoms. The molecule has 2 aromatic heterocycles. The van der Waals surface area contributed by atoms with E-state index in [1.165, 1.54) is 28.7 Å². The van der Waals surface area contributed by atoms with Gasteiger partial charge in [0.15, 0.2) is 11.0 Å². The molecule has 4 rings (SSSR count). The molecule has 0 saturated heterocycles. The molecule has 8 nitrogen and oxygen atoms in total. The number of fused-ring (bicyclic) bond motifs is 1. The number of hydrogen-bond donors (Lipinski definition) is 2.